The topological polar surface area (TPSA) is 12.5 Å². The second-order valence-electron chi connectivity index (χ2n) is 4.26. The van der Waals surface area contributed by atoms with Gasteiger partial charge in [0, 0.05) is 12.1 Å². The summed E-state index contributed by atoms with van der Waals surface area (Å²) in [6, 6.07) is 1.42. The van der Waals surface area contributed by atoms with Crippen LogP contribution in [-0.2, 0) is 4.74 Å². The maximum absolute atomic E-state index is 5.56. The predicted molar refractivity (Wildman–Crippen MR) is 49.2 cm³/mol. The van der Waals surface area contributed by atoms with Gasteiger partial charge in [-0.2, -0.15) is 0 Å². The van der Waals surface area contributed by atoms with Crippen LogP contribution < -0.4 is 0 Å². The van der Waals surface area contributed by atoms with Crippen molar-refractivity contribution in [3.63, 3.8) is 0 Å². The smallest absolute Gasteiger partial charge is 0.0622 e. The fourth-order valence-electron chi connectivity index (χ4n) is 2.54. The van der Waals surface area contributed by atoms with Crippen molar-refractivity contribution in [2.75, 3.05) is 20.3 Å². The van der Waals surface area contributed by atoms with E-state index in [1.54, 1.807) is 0 Å². The van der Waals surface area contributed by atoms with E-state index in [0.717, 1.165) is 19.1 Å². The van der Waals surface area contributed by atoms with Crippen LogP contribution in [0.4, 0.5) is 0 Å². The molecular weight excluding hydrogens is 150 g/mol. The Bertz CT molecular complexity index is 146. The van der Waals surface area contributed by atoms with Gasteiger partial charge >= 0.3 is 0 Å². The number of likely N-dealkylation sites (N-methyl/N-ethyl adjacent to an activating group) is 1. The number of ether oxygens (including phenoxy) is 1. The van der Waals surface area contributed by atoms with Gasteiger partial charge in [0.2, 0.25) is 0 Å². The van der Waals surface area contributed by atoms with Gasteiger partial charge in [-0.05, 0) is 25.8 Å². The van der Waals surface area contributed by atoms with Crippen molar-refractivity contribution >= 4 is 0 Å². The summed E-state index contributed by atoms with van der Waals surface area (Å²) in [5, 5.41) is 0. The number of hydrogen-bond donors (Lipinski definition) is 0. The normalized spacial score (nSPS) is 43.0. The second-order valence-corrected chi connectivity index (χ2v) is 4.26. The van der Waals surface area contributed by atoms with Crippen LogP contribution in [-0.4, -0.2) is 37.2 Å². The summed E-state index contributed by atoms with van der Waals surface area (Å²) in [6.07, 6.45) is 4.05. The highest BCUT2D eigenvalue weighted by Gasteiger charge is 2.35. The number of hydrogen-bond acceptors (Lipinski definition) is 2. The van der Waals surface area contributed by atoms with Gasteiger partial charge < -0.3 is 4.74 Å². The summed E-state index contributed by atoms with van der Waals surface area (Å²) in [4.78, 5) is 2.52. The quantitative estimate of drug-likeness (QED) is 0.590. The Morgan fingerprint density at radius 3 is 2.33 bits per heavy atom. The number of piperidine rings is 1. The van der Waals surface area contributed by atoms with E-state index in [2.05, 4.69) is 18.9 Å². The maximum Gasteiger partial charge on any atom is 0.0622 e. The van der Waals surface area contributed by atoms with Crippen molar-refractivity contribution in [2.45, 2.75) is 38.3 Å². The molecule has 0 aromatic heterocycles. The number of rotatable bonds is 1. The molecule has 2 heteroatoms. The van der Waals surface area contributed by atoms with Crippen molar-refractivity contribution in [3.8, 4) is 0 Å². The monoisotopic (exact) mass is 169 g/mol. The van der Waals surface area contributed by atoms with E-state index < -0.39 is 0 Å². The van der Waals surface area contributed by atoms with E-state index >= 15 is 0 Å². The molecule has 2 nitrogen and oxygen atoms in total. The highest BCUT2D eigenvalue weighted by Crippen LogP contribution is 2.31. The van der Waals surface area contributed by atoms with Gasteiger partial charge in [0.15, 0.2) is 0 Å². The molecular formula is C10H19NO. The average Bonchev–Trinajstić information content (AvgIpc) is 2.04. The molecule has 2 aliphatic rings. The lowest BCUT2D eigenvalue weighted by molar-refractivity contribution is -0.0750. The van der Waals surface area contributed by atoms with E-state index in [-0.39, 0.29) is 0 Å². The Hall–Kier alpha value is -0.0800. The zero-order valence-corrected chi connectivity index (χ0v) is 8.12. The summed E-state index contributed by atoms with van der Waals surface area (Å²) >= 11 is 0. The van der Waals surface area contributed by atoms with Gasteiger partial charge in [-0.15, -0.1) is 0 Å². The predicted octanol–water partition coefficient (Wildman–Crippen LogP) is 1.51. The molecule has 2 bridgehead atoms. The van der Waals surface area contributed by atoms with Crippen molar-refractivity contribution in [2.24, 2.45) is 5.92 Å². The third-order valence-corrected chi connectivity index (χ3v) is 3.56. The van der Waals surface area contributed by atoms with Crippen LogP contribution in [0.1, 0.15) is 26.2 Å². The largest absolute Gasteiger partial charge is 0.378 e. The lowest BCUT2D eigenvalue weighted by Crippen LogP contribution is -2.54. The lowest BCUT2D eigenvalue weighted by Gasteiger charge is -2.46. The van der Waals surface area contributed by atoms with E-state index in [1.165, 1.54) is 19.3 Å². The fraction of sp³-hybridized carbons (Fsp3) is 1.00. The number of morpholine rings is 1. The lowest BCUT2D eigenvalue weighted by atomic mass is 9.84. The molecule has 0 aliphatic carbocycles. The first-order valence-corrected chi connectivity index (χ1v) is 5.11. The highest BCUT2D eigenvalue weighted by molar-refractivity contribution is 4.89. The van der Waals surface area contributed by atoms with E-state index in [1.807, 2.05) is 0 Å². The fourth-order valence-corrected chi connectivity index (χ4v) is 2.54. The zero-order valence-electron chi connectivity index (χ0n) is 8.12. The van der Waals surface area contributed by atoms with Crippen LogP contribution in [0.3, 0.4) is 0 Å². The van der Waals surface area contributed by atoms with Gasteiger partial charge in [0.1, 0.15) is 0 Å². The van der Waals surface area contributed by atoms with Crippen molar-refractivity contribution in [1.82, 2.24) is 4.90 Å². The standard InChI is InChI=1S/C10H19NO/c1-3-8-4-9-6-12-7-10(5-8)11(9)2/h8-10H,3-7H2,1-2H3. The first kappa shape index (κ1) is 8.52. The molecule has 2 unspecified atom stereocenters. The van der Waals surface area contributed by atoms with Gasteiger partial charge in [-0.1, -0.05) is 13.3 Å². The summed E-state index contributed by atoms with van der Waals surface area (Å²) in [5.74, 6) is 0.958. The summed E-state index contributed by atoms with van der Waals surface area (Å²) in [5.41, 5.74) is 0. The van der Waals surface area contributed by atoms with Crippen LogP contribution in [0.15, 0.2) is 0 Å². The molecule has 0 saturated carbocycles. The molecule has 70 valence electrons. The first-order valence-electron chi connectivity index (χ1n) is 5.11. The molecule has 0 aromatic rings. The van der Waals surface area contributed by atoms with Gasteiger partial charge in [-0.3, -0.25) is 4.90 Å². The third-order valence-electron chi connectivity index (χ3n) is 3.56. The Balaban J connectivity index is 2.02. The molecule has 0 N–H and O–H groups in total. The van der Waals surface area contributed by atoms with Gasteiger partial charge in [0.05, 0.1) is 13.2 Å². The summed E-state index contributed by atoms with van der Waals surface area (Å²) < 4.78 is 5.56. The van der Waals surface area contributed by atoms with Crippen LogP contribution in [0.25, 0.3) is 0 Å². The molecule has 2 saturated heterocycles. The minimum Gasteiger partial charge on any atom is -0.378 e. The Morgan fingerprint density at radius 1 is 1.25 bits per heavy atom. The van der Waals surface area contributed by atoms with Crippen LogP contribution in [0.5, 0.6) is 0 Å². The Labute approximate surface area is 74.9 Å². The highest BCUT2D eigenvalue weighted by atomic mass is 16.5. The van der Waals surface area contributed by atoms with Crippen molar-refractivity contribution < 1.29 is 4.74 Å². The zero-order chi connectivity index (χ0) is 8.55. The van der Waals surface area contributed by atoms with Crippen molar-refractivity contribution in [3.05, 3.63) is 0 Å². The molecule has 2 heterocycles. The Morgan fingerprint density at radius 2 is 1.83 bits per heavy atom. The Kier molecular flexibility index (Phi) is 2.37. The average molecular weight is 169 g/mol. The SMILES string of the molecule is CCC1CC2COCC(C1)N2C. The molecule has 0 spiro atoms. The molecule has 2 fully saturated rings. The minimum absolute atomic E-state index is 0.711. The molecule has 0 radical (unpaired) electrons. The maximum atomic E-state index is 5.56. The first-order chi connectivity index (χ1) is 5.81. The molecule has 2 aliphatic heterocycles. The summed E-state index contributed by atoms with van der Waals surface area (Å²) in [7, 11) is 2.25. The van der Waals surface area contributed by atoms with Crippen LogP contribution in [0.2, 0.25) is 0 Å². The van der Waals surface area contributed by atoms with Crippen molar-refractivity contribution in [1.29, 1.82) is 0 Å². The van der Waals surface area contributed by atoms with Gasteiger partial charge in [-0.25, -0.2) is 0 Å². The molecule has 12 heavy (non-hydrogen) atoms. The molecule has 0 amide bonds. The summed E-state index contributed by atoms with van der Waals surface area (Å²) in [6.45, 7) is 4.24. The van der Waals surface area contributed by atoms with E-state index in [0.29, 0.717) is 12.1 Å². The second kappa shape index (κ2) is 3.35. The van der Waals surface area contributed by atoms with Gasteiger partial charge in [0.25, 0.3) is 0 Å². The van der Waals surface area contributed by atoms with Crippen LogP contribution in [0, 0.1) is 5.92 Å². The number of fused-ring (bicyclic) bond motifs is 2. The molecule has 2 rings (SSSR count). The van der Waals surface area contributed by atoms with Crippen LogP contribution >= 0.6 is 0 Å². The third kappa shape index (κ3) is 1.38. The molecule has 0 aromatic carbocycles. The molecule has 2 atom stereocenters. The number of nitrogens with zero attached hydrogens (tertiary/aromatic N) is 1. The minimum atomic E-state index is 0.711. The van der Waals surface area contributed by atoms with E-state index in [4.69, 9.17) is 4.74 Å². The van der Waals surface area contributed by atoms with E-state index in [9.17, 15) is 0 Å².